The first-order valence-electron chi connectivity index (χ1n) is 10.5. The van der Waals surface area contributed by atoms with E-state index in [2.05, 4.69) is 6.58 Å². The van der Waals surface area contributed by atoms with Gasteiger partial charge >= 0.3 is 23.4 Å². The van der Waals surface area contributed by atoms with Crippen molar-refractivity contribution in [1.82, 2.24) is 0 Å². The molecule has 172 valence electrons. The highest BCUT2D eigenvalue weighted by Gasteiger charge is 2.52. The lowest BCUT2D eigenvalue weighted by molar-refractivity contribution is -0.366. The third-order valence-electron chi connectivity index (χ3n) is 6.18. The predicted molar refractivity (Wildman–Crippen MR) is 118 cm³/mol. The number of carboxylic acid groups (broad SMARTS) is 1. The number of allylic oxidation sites excluding steroid dienone is 4. The van der Waals surface area contributed by atoms with Crippen molar-refractivity contribution in [3.05, 3.63) is 59.2 Å². The number of fused-ring (bicyclic) bond motifs is 1. The fraction of sp³-hybridized carbons (Fsp3) is 0.440. The van der Waals surface area contributed by atoms with Crippen molar-refractivity contribution in [3.63, 3.8) is 0 Å². The number of ketones is 1. The number of carbonyl (C=O) groups is 1. The van der Waals surface area contributed by atoms with Crippen molar-refractivity contribution in [1.29, 1.82) is 0 Å². The van der Waals surface area contributed by atoms with Crippen molar-refractivity contribution in [2.75, 3.05) is 13.7 Å². The van der Waals surface area contributed by atoms with Crippen LogP contribution in [0.4, 0.5) is 8.78 Å². The van der Waals surface area contributed by atoms with Crippen molar-refractivity contribution in [2.45, 2.75) is 57.5 Å². The zero-order valence-corrected chi connectivity index (χ0v) is 18.8. The van der Waals surface area contributed by atoms with E-state index < -0.39 is 17.5 Å². The molecule has 32 heavy (non-hydrogen) atoms. The third-order valence-corrected chi connectivity index (χ3v) is 6.18. The Labute approximate surface area is 186 Å². The van der Waals surface area contributed by atoms with Gasteiger partial charge in [-0.1, -0.05) is 18.7 Å². The maximum absolute atomic E-state index is 15.3. The SMILES string of the molecule is C=CC1=C(C(=CC)C(F)(F)C(C)(C)OC)CCC1=[O+]c1ccc2c(c1)OCC2CC(=O)O. The third kappa shape index (κ3) is 4.26. The lowest BCUT2D eigenvalue weighted by atomic mass is 9.86. The number of benzene rings is 1. The van der Waals surface area contributed by atoms with Crippen LogP contribution >= 0.6 is 0 Å². The summed E-state index contributed by atoms with van der Waals surface area (Å²) in [7, 11) is 1.27. The molecule has 1 atom stereocenters. The zero-order valence-electron chi connectivity index (χ0n) is 18.8. The Morgan fingerprint density at radius 2 is 2.09 bits per heavy atom. The Morgan fingerprint density at radius 1 is 1.38 bits per heavy atom. The molecule has 1 aliphatic carbocycles. The van der Waals surface area contributed by atoms with Crippen molar-refractivity contribution in [3.8, 4) is 11.5 Å². The molecule has 0 saturated heterocycles. The average molecular weight is 447 g/mol. The van der Waals surface area contributed by atoms with Crippen LogP contribution in [0.2, 0.25) is 0 Å². The number of methoxy groups -OCH3 is 1. The quantitative estimate of drug-likeness (QED) is 0.516. The second-order valence-electron chi connectivity index (χ2n) is 8.42. The van der Waals surface area contributed by atoms with E-state index in [0.717, 1.165) is 5.56 Å². The highest BCUT2D eigenvalue weighted by atomic mass is 19.3. The summed E-state index contributed by atoms with van der Waals surface area (Å²) in [5, 5.41) is 9.05. The molecule has 1 aliphatic heterocycles. The van der Waals surface area contributed by atoms with E-state index in [0.29, 0.717) is 47.9 Å². The van der Waals surface area contributed by atoms with Gasteiger partial charge in [-0.3, -0.25) is 4.79 Å². The minimum atomic E-state index is -3.21. The minimum Gasteiger partial charge on any atom is -0.492 e. The molecule has 0 fully saturated rings. The summed E-state index contributed by atoms with van der Waals surface area (Å²) in [6, 6.07) is 5.25. The molecule has 0 saturated carbocycles. The van der Waals surface area contributed by atoms with Gasteiger partial charge in [0.05, 0.1) is 31.1 Å². The number of hydrogen-bond acceptors (Lipinski definition) is 3. The van der Waals surface area contributed by atoms with Crippen molar-refractivity contribution < 1.29 is 32.6 Å². The maximum Gasteiger partial charge on any atom is 0.356 e. The van der Waals surface area contributed by atoms with Gasteiger partial charge in [0.1, 0.15) is 11.4 Å². The van der Waals surface area contributed by atoms with Gasteiger partial charge in [0.15, 0.2) is 0 Å². The van der Waals surface area contributed by atoms with Gasteiger partial charge in [-0.15, -0.1) is 0 Å². The Morgan fingerprint density at radius 3 is 2.69 bits per heavy atom. The average Bonchev–Trinajstić information content (AvgIpc) is 3.31. The van der Waals surface area contributed by atoms with E-state index in [1.54, 1.807) is 31.2 Å². The van der Waals surface area contributed by atoms with Crippen LogP contribution in [0.3, 0.4) is 0 Å². The van der Waals surface area contributed by atoms with Gasteiger partial charge in [-0.05, 0) is 38.8 Å². The number of ether oxygens (including phenoxy) is 2. The molecule has 0 aromatic heterocycles. The molecule has 1 aromatic rings. The van der Waals surface area contributed by atoms with Crippen LogP contribution < -0.4 is 4.74 Å². The van der Waals surface area contributed by atoms with Gasteiger partial charge in [0.2, 0.25) is 0 Å². The van der Waals surface area contributed by atoms with Crippen LogP contribution in [0.15, 0.2) is 53.6 Å². The highest BCUT2D eigenvalue weighted by molar-refractivity contribution is 6.02. The molecule has 3 rings (SSSR count). The molecule has 1 heterocycles. The van der Waals surface area contributed by atoms with Gasteiger partial charge < -0.3 is 14.6 Å². The Balaban J connectivity index is 1.95. The number of carbonyl (C=O) groups excluding carboxylic acids is 1. The predicted octanol–water partition coefficient (Wildman–Crippen LogP) is 5.74. The fourth-order valence-corrected chi connectivity index (χ4v) is 4.14. The molecule has 0 amide bonds. The molecular formula is C25H29F2O5+. The zero-order chi connectivity index (χ0) is 23.7. The van der Waals surface area contributed by atoms with E-state index in [-0.39, 0.29) is 17.9 Å². The number of halogens is 2. The van der Waals surface area contributed by atoms with Crippen molar-refractivity contribution >= 4 is 11.8 Å². The number of alkyl halides is 2. The van der Waals surface area contributed by atoms with E-state index in [1.807, 2.05) is 0 Å². The summed E-state index contributed by atoms with van der Waals surface area (Å²) < 4.78 is 47.4. The smallest absolute Gasteiger partial charge is 0.356 e. The number of carboxylic acids is 1. The van der Waals surface area contributed by atoms with Crippen LogP contribution in [-0.2, 0) is 14.0 Å². The molecule has 2 aliphatic rings. The monoisotopic (exact) mass is 447 g/mol. The Kier molecular flexibility index (Phi) is 6.69. The van der Waals surface area contributed by atoms with Crippen LogP contribution in [0, 0.1) is 0 Å². The maximum atomic E-state index is 15.3. The number of rotatable bonds is 8. The van der Waals surface area contributed by atoms with Crippen LogP contribution in [0.25, 0.3) is 0 Å². The van der Waals surface area contributed by atoms with Crippen LogP contribution in [-0.4, -0.2) is 42.1 Å². The summed E-state index contributed by atoms with van der Waals surface area (Å²) in [6.07, 6.45) is 3.82. The molecule has 0 spiro atoms. The van der Waals surface area contributed by atoms with E-state index >= 15 is 8.78 Å². The Hall–Kier alpha value is -2.80. The highest BCUT2D eigenvalue weighted by Crippen LogP contribution is 2.45. The summed E-state index contributed by atoms with van der Waals surface area (Å²) >= 11 is 0. The number of hydrogen-bond donors (Lipinski definition) is 1. The molecule has 0 radical (unpaired) electrons. The first kappa shape index (κ1) is 23.9. The second kappa shape index (κ2) is 8.98. The topological polar surface area (TPSA) is 67.1 Å². The van der Waals surface area contributed by atoms with Gasteiger partial charge in [-0.2, -0.15) is 8.78 Å². The largest absolute Gasteiger partial charge is 0.492 e. The summed E-state index contributed by atoms with van der Waals surface area (Å²) in [4.78, 5) is 11.0. The number of aliphatic carboxylic acids is 1. The molecule has 1 unspecified atom stereocenters. The summed E-state index contributed by atoms with van der Waals surface area (Å²) in [5.74, 6) is -2.65. The summed E-state index contributed by atoms with van der Waals surface area (Å²) in [6.45, 7) is 8.44. The van der Waals surface area contributed by atoms with Crippen molar-refractivity contribution in [2.24, 2.45) is 0 Å². The molecule has 5 nitrogen and oxygen atoms in total. The second-order valence-corrected chi connectivity index (χ2v) is 8.42. The van der Waals surface area contributed by atoms with Crippen LogP contribution in [0.1, 0.15) is 51.5 Å². The molecule has 0 bridgehead atoms. The summed E-state index contributed by atoms with van der Waals surface area (Å²) in [5.41, 5.74) is 0.101. The molecule has 1 aromatic carbocycles. The first-order chi connectivity index (χ1) is 15.1. The van der Waals surface area contributed by atoms with E-state index in [9.17, 15) is 4.79 Å². The molecule has 1 N–H and O–H groups in total. The lowest BCUT2D eigenvalue weighted by Crippen LogP contribution is -2.46. The molecule has 7 heteroatoms. The van der Waals surface area contributed by atoms with E-state index in [1.165, 1.54) is 27.0 Å². The molecular weight excluding hydrogens is 418 g/mol. The van der Waals surface area contributed by atoms with Gasteiger partial charge in [0, 0.05) is 30.2 Å². The van der Waals surface area contributed by atoms with E-state index in [4.69, 9.17) is 19.0 Å². The first-order valence-corrected chi connectivity index (χ1v) is 10.5. The van der Waals surface area contributed by atoms with Gasteiger partial charge in [-0.25, -0.2) is 4.42 Å². The standard InChI is InChI=1S/C25H28F2O5/c1-6-17-19(20(7-2)25(26,27)24(3,4)30-5)10-11-21(17)32-16-8-9-18-15(12-23(28)29)14-31-22(18)13-16/h6-9,13,15H,1,10-12,14H2,2-5H3/p+1. The normalized spacial score (nSPS) is 20.5. The van der Waals surface area contributed by atoms with Gasteiger partial charge in [0.25, 0.3) is 0 Å². The lowest BCUT2D eigenvalue weighted by Gasteiger charge is -2.35. The fourth-order valence-electron chi connectivity index (χ4n) is 4.14. The minimum absolute atomic E-state index is 0.00451. The Bertz CT molecular complexity index is 1020. The van der Waals surface area contributed by atoms with Crippen LogP contribution in [0.5, 0.6) is 11.5 Å².